The molecule has 0 fully saturated rings. The smallest absolute Gasteiger partial charge is 0.408 e. The summed E-state index contributed by atoms with van der Waals surface area (Å²) in [6.07, 6.45) is 7.72. The van der Waals surface area contributed by atoms with E-state index in [1.54, 1.807) is 58.9 Å². The van der Waals surface area contributed by atoms with E-state index in [-0.39, 0.29) is 72.1 Å². The van der Waals surface area contributed by atoms with Crippen molar-refractivity contribution < 1.29 is 48.2 Å². The van der Waals surface area contributed by atoms with Gasteiger partial charge in [-0.25, -0.2) is 24.5 Å². The highest BCUT2D eigenvalue weighted by Crippen LogP contribution is 2.18. The number of nitrogens with zero attached hydrogens (tertiary/aromatic N) is 8. The molecule has 25 nitrogen and oxygen atoms in total. The van der Waals surface area contributed by atoms with E-state index in [1.165, 1.54) is 69.3 Å². The number of hydrogen-bond acceptors (Lipinski definition) is 12. The summed E-state index contributed by atoms with van der Waals surface area (Å²) in [5.74, 6) is -4.84. The fourth-order valence-corrected chi connectivity index (χ4v) is 6.07. The predicted octanol–water partition coefficient (Wildman–Crippen LogP) is 1.18. The van der Waals surface area contributed by atoms with Crippen molar-refractivity contribution in [2.24, 2.45) is 35.2 Å². The topological polar surface area (TPSA) is 314 Å². The largest absolute Gasteiger partial charge is 0.475 e. The summed E-state index contributed by atoms with van der Waals surface area (Å²) in [6.45, 7) is 4.76. The third-order valence-electron chi connectivity index (χ3n) is 9.04. The van der Waals surface area contributed by atoms with Gasteiger partial charge in [0.1, 0.15) is 23.0 Å². The summed E-state index contributed by atoms with van der Waals surface area (Å²) in [6, 6.07) is 1.61. The molecular formula is C39H49N15O10. The van der Waals surface area contributed by atoms with Crippen LogP contribution in [0.15, 0.2) is 49.3 Å². The molecule has 340 valence electrons. The Morgan fingerprint density at radius 3 is 1.83 bits per heavy atom. The van der Waals surface area contributed by atoms with Gasteiger partial charge in [-0.05, 0) is 39.3 Å². The molecule has 0 saturated heterocycles. The van der Waals surface area contributed by atoms with Crippen molar-refractivity contribution in [2.45, 2.75) is 45.3 Å². The maximum atomic E-state index is 13.5. The second-order valence-electron chi connectivity index (χ2n) is 15.4. The van der Waals surface area contributed by atoms with E-state index in [4.69, 9.17) is 4.74 Å². The van der Waals surface area contributed by atoms with Crippen LogP contribution < -0.4 is 37.2 Å². The Labute approximate surface area is 364 Å². The van der Waals surface area contributed by atoms with Crippen LogP contribution in [0, 0.1) is 0 Å². The first-order valence-electron chi connectivity index (χ1n) is 19.5. The maximum absolute atomic E-state index is 13.5. The second-order valence-corrected chi connectivity index (χ2v) is 15.4. The Kier molecular flexibility index (Phi) is 14.4. The molecule has 0 spiro atoms. The first-order chi connectivity index (χ1) is 30.1. The molecule has 0 aliphatic heterocycles. The van der Waals surface area contributed by atoms with E-state index >= 15 is 0 Å². The van der Waals surface area contributed by atoms with Crippen LogP contribution in [0.25, 0.3) is 0 Å². The quantitative estimate of drug-likeness (QED) is 0.0651. The molecule has 25 heteroatoms. The minimum Gasteiger partial charge on any atom is -0.475 e. The Bertz CT molecular complexity index is 2600. The van der Waals surface area contributed by atoms with Gasteiger partial charge in [-0.1, -0.05) is 0 Å². The van der Waals surface area contributed by atoms with Crippen LogP contribution >= 0.6 is 0 Å². The second kappa shape index (κ2) is 19.6. The van der Waals surface area contributed by atoms with Crippen LogP contribution in [0.5, 0.6) is 0 Å². The molecule has 64 heavy (non-hydrogen) atoms. The van der Waals surface area contributed by atoms with Gasteiger partial charge in [-0.15, -0.1) is 0 Å². The third-order valence-corrected chi connectivity index (χ3v) is 9.04. The van der Waals surface area contributed by atoms with Crippen LogP contribution in [0.2, 0.25) is 0 Å². The van der Waals surface area contributed by atoms with Gasteiger partial charge in [0.2, 0.25) is 23.5 Å². The Balaban J connectivity index is 1.12. The summed E-state index contributed by atoms with van der Waals surface area (Å²) >= 11 is 0. The molecule has 0 aromatic carbocycles. The van der Waals surface area contributed by atoms with Gasteiger partial charge in [-0.2, -0.15) is 0 Å². The molecule has 0 unspecified atom stereocenters. The van der Waals surface area contributed by atoms with E-state index < -0.39 is 59.1 Å². The first-order valence-corrected chi connectivity index (χ1v) is 19.5. The van der Waals surface area contributed by atoms with Crippen molar-refractivity contribution in [3.05, 3.63) is 78.2 Å². The van der Waals surface area contributed by atoms with Gasteiger partial charge in [0.15, 0.2) is 17.5 Å². The lowest BCUT2D eigenvalue weighted by Gasteiger charge is -2.23. The van der Waals surface area contributed by atoms with E-state index in [0.717, 1.165) is 0 Å². The molecule has 1 atom stereocenters. The highest BCUT2D eigenvalue weighted by Gasteiger charge is 2.27. The number of hydrogen-bond donors (Lipinski definition) is 8. The van der Waals surface area contributed by atoms with E-state index in [0.29, 0.717) is 5.69 Å². The number of alkyl carbamates (subject to hydrolysis) is 1. The molecule has 0 aliphatic carbocycles. The average Bonchev–Trinajstić information content (AvgIpc) is 4.02. The number of amides is 7. The molecular weight excluding hydrogens is 839 g/mol. The Morgan fingerprint density at radius 1 is 0.656 bits per heavy atom. The molecule has 8 N–H and O–H groups in total. The number of aryl methyl sites for hydroxylation is 5. The number of imidazole rings is 3. The van der Waals surface area contributed by atoms with E-state index in [2.05, 4.69) is 52.2 Å². The molecule has 5 rings (SSSR count). The van der Waals surface area contributed by atoms with Crippen molar-refractivity contribution in [1.29, 1.82) is 0 Å². The molecule has 0 aliphatic rings. The van der Waals surface area contributed by atoms with Crippen molar-refractivity contribution in [1.82, 2.24) is 53.7 Å². The third kappa shape index (κ3) is 12.2. The number of carbonyl (C=O) groups is 8. The zero-order valence-electron chi connectivity index (χ0n) is 36.2. The lowest BCUT2D eigenvalue weighted by molar-refractivity contribution is -0.118. The lowest BCUT2D eigenvalue weighted by Crippen LogP contribution is -2.47. The molecule has 0 bridgehead atoms. The van der Waals surface area contributed by atoms with Crippen LogP contribution in [0.1, 0.15) is 86.4 Å². The predicted molar refractivity (Wildman–Crippen MR) is 228 cm³/mol. The lowest BCUT2D eigenvalue weighted by atomic mass is 10.2. The number of anilines is 4. The fraction of sp³-hybridized carbons (Fsp3) is 0.359. The number of aromatic carboxylic acids is 1. The summed E-state index contributed by atoms with van der Waals surface area (Å²) in [4.78, 5) is 114. The van der Waals surface area contributed by atoms with E-state index in [1.807, 2.05) is 0 Å². The number of aromatic nitrogens is 8. The minimum atomic E-state index is -1.28. The van der Waals surface area contributed by atoms with Crippen LogP contribution in [-0.4, -0.2) is 115 Å². The number of nitrogens with one attached hydrogen (secondary N) is 7. The van der Waals surface area contributed by atoms with Gasteiger partial charge in [-0.3, -0.25) is 28.8 Å². The van der Waals surface area contributed by atoms with Crippen LogP contribution in [-0.2, 0) is 49.6 Å². The fourth-order valence-electron chi connectivity index (χ4n) is 6.07. The van der Waals surface area contributed by atoms with Crippen molar-refractivity contribution in [2.75, 3.05) is 34.4 Å². The molecule has 7 amide bonds. The summed E-state index contributed by atoms with van der Waals surface area (Å²) in [5, 5.41) is 27.5. The van der Waals surface area contributed by atoms with Gasteiger partial charge in [0.25, 0.3) is 23.6 Å². The zero-order valence-corrected chi connectivity index (χ0v) is 36.2. The van der Waals surface area contributed by atoms with Gasteiger partial charge in [0.05, 0.1) is 11.4 Å². The average molecular weight is 888 g/mol. The monoisotopic (exact) mass is 887 g/mol. The Morgan fingerprint density at radius 2 is 1.23 bits per heavy atom. The molecule has 0 radical (unpaired) electrons. The van der Waals surface area contributed by atoms with Gasteiger partial charge >= 0.3 is 12.1 Å². The minimum absolute atomic E-state index is 0.00293. The maximum Gasteiger partial charge on any atom is 0.408 e. The zero-order chi connectivity index (χ0) is 47.0. The molecule has 5 aromatic heterocycles. The standard InChI is InChI=1S/C39H49N15O10/c1-39(2,3)64-38(63)45-23(32(56)43-21-16-25(52(6)17-21)34(58)49-27-20-54(8)31(48-27)37(61)62)9-11-42-35(59)30-47-26(19-53(30)7)46-28(55)10-12-41-33(57)24-15-22(18-51(24)5)44-36(60)29-40-13-14-50(29)4/h13-20,23H,9-12H2,1-8H3,(H,41,57)(H,42,59)(H,43,56)(H,44,60)(H,45,63)(H,46,55)(H,49,58)(H,61,62)/t23-/m0/s1. The van der Waals surface area contributed by atoms with E-state index in [9.17, 15) is 43.5 Å². The number of rotatable bonds is 17. The van der Waals surface area contributed by atoms with Crippen LogP contribution in [0.3, 0.4) is 0 Å². The van der Waals surface area contributed by atoms with Crippen molar-refractivity contribution in [3.8, 4) is 0 Å². The molecule has 0 saturated carbocycles. The molecule has 5 aromatic rings. The Hall–Kier alpha value is -8.25. The number of ether oxygens (including phenoxy) is 1. The first kappa shape index (κ1) is 46.8. The molecule has 5 heterocycles. The normalized spacial score (nSPS) is 11.6. The number of carboxylic acid groups (broad SMARTS) is 1. The van der Waals surface area contributed by atoms with Crippen LogP contribution in [0.4, 0.5) is 27.8 Å². The van der Waals surface area contributed by atoms with Gasteiger partial charge < -0.3 is 69.9 Å². The highest BCUT2D eigenvalue weighted by molar-refractivity contribution is 6.05. The number of carbonyl (C=O) groups excluding carboxylic acids is 7. The highest BCUT2D eigenvalue weighted by atomic mass is 16.6. The summed E-state index contributed by atoms with van der Waals surface area (Å²) in [5.41, 5.74) is -0.0125. The van der Waals surface area contributed by atoms with Crippen molar-refractivity contribution >= 4 is 70.5 Å². The summed E-state index contributed by atoms with van der Waals surface area (Å²) < 4.78 is 12.4. The van der Waals surface area contributed by atoms with Crippen molar-refractivity contribution in [3.63, 3.8) is 0 Å². The summed E-state index contributed by atoms with van der Waals surface area (Å²) in [7, 11) is 7.84. The SMILES string of the molecule is Cn1cc(NC(=O)c2nccn2C)cc1C(=O)NCCC(=O)Nc1cn(C)c(C(=O)NCC[C@H](NC(=O)OC(C)(C)C)C(=O)Nc2cc(C(=O)Nc3cn(C)c(C(=O)O)n3)n(C)c2)n1. The number of carboxylic acids is 1. The van der Waals surface area contributed by atoms with Gasteiger partial charge in [0, 0.05) is 91.9 Å².